The third-order valence-electron chi connectivity index (χ3n) is 4.05. The van der Waals surface area contributed by atoms with Gasteiger partial charge in [0.15, 0.2) is 6.61 Å². The third kappa shape index (κ3) is 4.51. The van der Waals surface area contributed by atoms with Crippen LogP contribution in [0.5, 0.6) is 0 Å². The number of likely N-dealkylation sites (tertiary alicyclic amines) is 2. The lowest BCUT2D eigenvalue weighted by Crippen LogP contribution is -2.48. The third-order valence-corrected chi connectivity index (χ3v) is 4.05. The van der Waals surface area contributed by atoms with Crippen LogP contribution in [-0.2, 0) is 9.53 Å². The van der Waals surface area contributed by atoms with Crippen molar-refractivity contribution < 1.29 is 27.5 Å². The van der Waals surface area contributed by atoms with Crippen LogP contribution >= 0.6 is 0 Å². The van der Waals surface area contributed by atoms with Gasteiger partial charge < -0.3 is 9.64 Å². The van der Waals surface area contributed by atoms with E-state index >= 15 is 0 Å². The fourth-order valence-corrected chi connectivity index (χ4v) is 2.97. The van der Waals surface area contributed by atoms with Crippen molar-refractivity contribution in [3.63, 3.8) is 0 Å². The molecule has 0 bridgehead atoms. The maximum absolute atomic E-state index is 12.5. The largest absolute Gasteiger partial charge is 0.440 e. The summed E-state index contributed by atoms with van der Waals surface area (Å²) in [5.41, 5.74) is 0. The van der Waals surface area contributed by atoms with Crippen LogP contribution in [0.1, 0.15) is 38.5 Å². The van der Waals surface area contributed by atoms with Gasteiger partial charge in [0.05, 0.1) is 0 Å². The first-order valence-corrected chi connectivity index (χ1v) is 7.67. The van der Waals surface area contributed by atoms with Crippen molar-refractivity contribution in [2.24, 2.45) is 0 Å². The zero-order valence-corrected chi connectivity index (χ0v) is 12.4. The average molecular weight is 322 g/mol. The lowest BCUT2D eigenvalue weighted by molar-refractivity contribution is -0.163. The van der Waals surface area contributed by atoms with Crippen molar-refractivity contribution >= 4 is 12.0 Å². The molecule has 0 aromatic rings. The number of carbonyl (C=O) groups is 2. The first-order valence-electron chi connectivity index (χ1n) is 7.67. The molecule has 0 aliphatic carbocycles. The van der Waals surface area contributed by atoms with E-state index in [-0.39, 0.29) is 12.5 Å². The van der Waals surface area contributed by atoms with E-state index in [2.05, 4.69) is 4.74 Å². The summed E-state index contributed by atoms with van der Waals surface area (Å²) in [6, 6.07) is -0.682. The lowest BCUT2D eigenvalue weighted by atomic mass is 10.2. The zero-order valence-electron chi connectivity index (χ0n) is 12.4. The Morgan fingerprint density at radius 1 is 1.00 bits per heavy atom. The van der Waals surface area contributed by atoms with E-state index in [9.17, 15) is 22.8 Å². The molecule has 5 nitrogen and oxygen atoms in total. The second-order valence-corrected chi connectivity index (χ2v) is 5.76. The van der Waals surface area contributed by atoms with Gasteiger partial charge in [-0.3, -0.25) is 9.69 Å². The summed E-state index contributed by atoms with van der Waals surface area (Å²) in [6.45, 7) is -0.0462. The molecule has 0 aromatic heterocycles. The molecule has 0 radical (unpaired) electrons. The van der Waals surface area contributed by atoms with Crippen molar-refractivity contribution in [2.75, 3.05) is 26.2 Å². The second kappa shape index (κ2) is 7.19. The van der Waals surface area contributed by atoms with E-state index in [0.717, 1.165) is 30.6 Å². The van der Waals surface area contributed by atoms with Crippen molar-refractivity contribution in [3.8, 4) is 0 Å². The van der Waals surface area contributed by atoms with Crippen molar-refractivity contribution in [2.45, 2.75) is 50.7 Å². The molecule has 2 amide bonds. The molecule has 126 valence electrons. The molecule has 22 heavy (non-hydrogen) atoms. The first-order chi connectivity index (χ1) is 10.4. The fourth-order valence-electron chi connectivity index (χ4n) is 2.97. The molecule has 8 heteroatoms. The molecule has 2 fully saturated rings. The minimum Gasteiger partial charge on any atom is -0.440 e. The van der Waals surface area contributed by atoms with E-state index in [1.54, 1.807) is 4.90 Å². The molecule has 0 N–H and O–H groups in total. The number of amides is 2. The highest BCUT2D eigenvalue weighted by Crippen LogP contribution is 2.23. The summed E-state index contributed by atoms with van der Waals surface area (Å²) >= 11 is 0. The number of carbonyl (C=O) groups excluding carboxylic acids is 2. The van der Waals surface area contributed by atoms with Crippen LogP contribution < -0.4 is 0 Å². The Labute approximate surface area is 127 Å². The van der Waals surface area contributed by atoms with Crippen molar-refractivity contribution in [1.82, 2.24) is 9.80 Å². The Hall–Kier alpha value is -1.47. The maximum Gasteiger partial charge on any atom is 0.422 e. The number of hydrogen-bond donors (Lipinski definition) is 0. The van der Waals surface area contributed by atoms with Crippen LogP contribution in [0.25, 0.3) is 0 Å². The van der Waals surface area contributed by atoms with Crippen LogP contribution in [-0.4, -0.2) is 60.3 Å². The standard InChI is InChI=1S/C14H21F3N2O3/c15-14(16,17)10-22-13(21)19-9-5-6-11(19)12(20)18-7-3-1-2-4-8-18/h11H,1-10H2/t11-/m0/s1. The fraction of sp³-hybridized carbons (Fsp3) is 0.857. The highest BCUT2D eigenvalue weighted by molar-refractivity contribution is 5.86. The Balaban J connectivity index is 1.94. The SMILES string of the molecule is O=C([C@@H]1CCCN1C(=O)OCC(F)(F)F)N1CCCCCC1. The van der Waals surface area contributed by atoms with Gasteiger partial charge in [0.1, 0.15) is 6.04 Å². The van der Waals surface area contributed by atoms with Gasteiger partial charge in [-0.1, -0.05) is 12.8 Å². The van der Waals surface area contributed by atoms with Crippen LogP contribution in [0.4, 0.5) is 18.0 Å². The number of nitrogens with zero attached hydrogens (tertiary/aromatic N) is 2. The number of halogens is 3. The van der Waals surface area contributed by atoms with Gasteiger partial charge >= 0.3 is 12.3 Å². The summed E-state index contributed by atoms with van der Waals surface area (Å²) in [5, 5.41) is 0. The van der Waals surface area contributed by atoms with Gasteiger partial charge in [0, 0.05) is 19.6 Å². The Kier molecular flexibility index (Phi) is 5.52. The molecule has 2 heterocycles. The summed E-state index contributed by atoms with van der Waals surface area (Å²) in [6.07, 6.45) is -0.518. The van der Waals surface area contributed by atoms with E-state index in [4.69, 9.17) is 0 Å². The minimum absolute atomic E-state index is 0.164. The molecular weight excluding hydrogens is 301 g/mol. The van der Waals surface area contributed by atoms with Crippen LogP contribution in [0.2, 0.25) is 0 Å². The molecule has 0 saturated carbocycles. The number of hydrogen-bond acceptors (Lipinski definition) is 3. The first kappa shape index (κ1) is 16.9. The lowest BCUT2D eigenvalue weighted by Gasteiger charge is -2.29. The number of alkyl halides is 3. The molecule has 2 aliphatic heterocycles. The smallest absolute Gasteiger partial charge is 0.422 e. The summed E-state index contributed by atoms with van der Waals surface area (Å²) < 4.78 is 40.6. The highest BCUT2D eigenvalue weighted by atomic mass is 19.4. The molecule has 1 atom stereocenters. The van der Waals surface area contributed by atoms with E-state index in [1.807, 2.05) is 0 Å². The number of ether oxygens (including phenoxy) is 1. The molecule has 2 aliphatic rings. The summed E-state index contributed by atoms with van der Waals surface area (Å²) in [5.74, 6) is -0.164. The minimum atomic E-state index is -4.56. The second-order valence-electron chi connectivity index (χ2n) is 5.76. The topological polar surface area (TPSA) is 49.9 Å². The van der Waals surface area contributed by atoms with Crippen molar-refractivity contribution in [3.05, 3.63) is 0 Å². The van der Waals surface area contributed by atoms with Crippen LogP contribution in [0.15, 0.2) is 0 Å². The Morgan fingerprint density at radius 2 is 1.64 bits per heavy atom. The molecule has 0 unspecified atom stereocenters. The maximum atomic E-state index is 12.5. The monoisotopic (exact) mass is 322 g/mol. The number of rotatable bonds is 2. The normalized spacial score (nSPS) is 23.3. The highest BCUT2D eigenvalue weighted by Gasteiger charge is 2.39. The predicted molar refractivity (Wildman–Crippen MR) is 72.2 cm³/mol. The molecule has 0 aromatic carbocycles. The predicted octanol–water partition coefficient (Wildman–Crippen LogP) is 2.55. The van der Waals surface area contributed by atoms with Crippen molar-refractivity contribution in [1.29, 1.82) is 0 Å². The van der Waals surface area contributed by atoms with Gasteiger partial charge in [0.25, 0.3) is 0 Å². The Bertz CT molecular complexity index is 407. The molecular formula is C14H21F3N2O3. The van der Waals surface area contributed by atoms with Gasteiger partial charge in [0.2, 0.25) is 5.91 Å². The zero-order chi connectivity index (χ0) is 16.2. The van der Waals surface area contributed by atoms with Gasteiger partial charge in [-0.25, -0.2) is 4.79 Å². The van der Waals surface area contributed by atoms with E-state index < -0.39 is 24.9 Å². The summed E-state index contributed by atoms with van der Waals surface area (Å²) in [4.78, 5) is 27.2. The summed E-state index contributed by atoms with van der Waals surface area (Å²) in [7, 11) is 0. The van der Waals surface area contributed by atoms with Gasteiger partial charge in [-0.15, -0.1) is 0 Å². The molecule has 2 saturated heterocycles. The average Bonchev–Trinajstić information content (AvgIpc) is 2.78. The quantitative estimate of drug-likeness (QED) is 0.785. The Morgan fingerprint density at radius 3 is 2.23 bits per heavy atom. The van der Waals surface area contributed by atoms with Crippen LogP contribution in [0, 0.1) is 0 Å². The molecule has 0 spiro atoms. The van der Waals surface area contributed by atoms with Crippen LogP contribution in [0.3, 0.4) is 0 Å². The molecule has 2 rings (SSSR count). The van der Waals surface area contributed by atoms with E-state index in [0.29, 0.717) is 25.9 Å². The van der Waals surface area contributed by atoms with Gasteiger partial charge in [-0.2, -0.15) is 13.2 Å². The van der Waals surface area contributed by atoms with Gasteiger partial charge in [-0.05, 0) is 25.7 Å². The van der Waals surface area contributed by atoms with E-state index in [1.165, 1.54) is 0 Å².